The molecule has 0 aliphatic rings. The second-order valence-corrected chi connectivity index (χ2v) is 9.94. The second-order valence-electron chi connectivity index (χ2n) is 8.00. The first-order valence-corrected chi connectivity index (χ1v) is 12.5. The monoisotopic (exact) mass is 496 g/mol. The predicted molar refractivity (Wildman–Crippen MR) is 140 cm³/mol. The molecule has 1 heterocycles. The summed E-state index contributed by atoms with van der Waals surface area (Å²) in [7, 11) is 4.08. The van der Waals surface area contributed by atoms with Crippen molar-refractivity contribution in [3.8, 4) is 5.69 Å². The van der Waals surface area contributed by atoms with Gasteiger partial charge in [-0.2, -0.15) is 0 Å². The Morgan fingerprint density at radius 2 is 1.36 bits per heavy atom. The summed E-state index contributed by atoms with van der Waals surface area (Å²) in [4.78, 5) is 2.09. The van der Waals surface area contributed by atoms with Gasteiger partial charge in [-0.1, -0.05) is 66.2 Å². The van der Waals surface area contributed by atoms with E-state index in [1.54, 1.807) is 11.8 Å². The molecule has 0 saturated carbocycles. The van der Waals surface area contributed by atoms with Gasteiger partial charge in [-0.05, 0) is 66.1 Å². The van der Waals surface area contributed by atoms with Crippen LogP contribution in [0, 0.1) is 0 Å². The molecule has 4 aromatic rings. The summed E-state index contributed by atoms with van der Waals surface area (Å²) in [5.74, 6) is 0.962. The van der Waals surface area contributed by atoms with E-state index in [1.165, 1.54) is 0 Å². The molecule has 4 rings (SSSR count). The van der Waals surface area contributed by atoms with Gasteiger partial charge >= 0.3 is 0 Å². The molecule has 33 heavy (non-hydrogen) atoms. The van der Waals surface area contributed by atoms with Crippen LogP contribution in [0.3, 0.4) is 0 Å². The van der Waals surface area contributed by atoms with Crippen molar-refractivity contribution in [3.63, 3.8) is 0 Å². The van der Waals surface area contributed by atoms with E-state index in [9.17, 15) is 0 Å². The number of hydrogen-bond donors (Lipinski definition) is 0. The SMILES string of the molecule is CCCc1nnc(SC(c2ccc(Cl)cc2)c2ccc(Cl)cc2)n1-c1ccc(N(C)C)cc1. The smallest absolute Gasteiger partial charge is 0.196 e. The second kappa shape index (κ2) is 10.6. The zero-order valence-corrected chi connectivity index (χ0v) is 21.2. The van der Waals surface area contributed by atoms with E-state index < -0.39 is 0 Å². The quantitative estimate of drug-likeness (QED) is 0.237. The molecule has 1 aromatic heterocycles. The molecule has 0 N–H and O–H groups in total. The molecule has 0 atom stereocenters. The van der Waals surface area contributed by atoms with Gasteiger partial charge in [-0.25, -0.2) is 0 Å². The van der Waals surface area contributed by atoms with Crippen molar-refractivity contribution < 1.29 is 0 Å². The number of thioether (sulfide) groups is 1. The lowest BCUT2D eigenvalue weighted by Gasteiger charge is -2.19. The van der Waals surface area contributed by atoms with Crippen LogP contribution in [0.1, 0.15) is 35.5 Å². The average molecular weight is 497 g/mol. The number of benzene rings is 3. The normalized spacial score (nSPS) is 11.2. The van der Waals surface area contributed by atoms with Crippen LogP contribution in [-0.4, -0.2) is 28.9 Å². The zero-order valence-electron chi connectivity index (χ0n) is 18.9. The third-order valence-corrected chi connectivity index (χ3v) is 7.13. The topological polar surface area (TPSA) is 34.0 Å². The van der Waals surface area contributed by atoms with E-state index in [2.05, 4.69) is 75.1 Å². The van der Waals surface area contributed by atoms with Crippen molar-refractivity contribution in [2.24, 2.45) is 0 Å². The highest BCUT2D eigenvalue weighted by molar-refractivity contribution is 7.99. The molecule has 0 spiro atoms. The molecular weight excluding hydrogens is 471 g/mol. The summed E-state index contributed by atoms with van der Waals surface area (Å²) in [6.45, 7) is 2.16. The van der Waals surface area contributed by atoms with Gasteiger partial charge in [0, 0.05) is 41.9 Å². The fourth-order valence-electron chi connectivity index (χ4n) is 3.63. The van der Waals surface area contributed by atoms with Gasteiger partial charge in [0.2, 0.25) is 0 Å². The summed E-state index contributed by atoms with van der Waals surface area (Å²) >= 11 is 14.0. The minimum atomic E-state index is 0.0120. The molecule has 7 heteroatoms. The van der Waals surface area contributed by atoms with E-state index in [0.29, 0.717) is 10.0 Å². The average Bonchev–Trinajstić information content (AvgIpc) is 3.21. The number of aryl methyl sites for hydroxylation is 1. The predicted octanol–water partition coefficient (Wildman–Crippen LogP) is 7.47. The Morgan fingerprint density at radius 3 is 1.85 bits per heavy atom. The van der Waals surface area contributed by atoms with Crippen molar-refractivity contribution in [1.29, 1.82) is 0 Å². The zero-order chi connectivity index (χ0) is 23.4. The van der Waals surface area contributed by atoms with E-state index in [4.69, 9.17) is 23.2 Å². The summed E-state index contributed by atoms with van der Waals surface area (Å²) in [6, 6.07) is 24.4. The maximum Gasteiger partial charge on any atom is 0.196 e. The number of hydrogen-bond acceptors (Lipinski definition) is 4. The van der Waals surface area contributed by atoms with E-state index in [-0.39, 0.29) is 5.25 Å². The van der Waals surface area contributed by atoms with Crippen LogP contribution in [0.5, 0.6) is 0 Å². The van der Waals surface area contributed by atoms with E-state index >= 15 is 0 Å². The van der Waals surface area contributed by atoms with Crippen LogP contribution in [0.2, 0.25) is 10.0 Å². The molecule has 3 aromatic carbocycles. The van der Waals surface area contributed by atoms with Gasteiger partial charge in [-0.3, -0.25) is 4.57 Å². The maximum atomic E-state index is 6.17. The Morgan fingerprint density at radius 1 is 0.818 bits per heavy atom. The Balaban J connectivity index is 1.77. The molecule has 0 aliphatic carbocycles. The molecule has 0 saturated heterocycles. The molecule has 0 fully saturated rings. The van der Waals surface area contributed by atoms with Gasteiger partial charge in [0.05, 0.1) is 5.25 Å². The number of aromatic nitrogens is 3. The molecule has 0 unspecified atom stereocenters. The first-order chi connectivity index (χ1) is 16.0. The number of halogens is 2. The van der Waals surface area contributed by atoms with Crippen LogP contribution in [-0.2, 0) is 6.42 Å². The summed E-state index contributed by atoms with van der Waals surface area (Å²) < 4.78 is 2.17. The molecule has 4 nitrogen and oxygen atoms in total. The highest BCUT2D eigenvalue weighted by Crippen LogP contribution is 2.41. The van der Waals surface area contributed by atoms with Crippen LogP contribution in [0.4, 0.5) is 5.69 Å². The maximum absolute atomic E-state index is 6.17. The Labute approximate surface area is 209 Å². The van der Waals surface area contributed by atoms with E-state index in [0.717, 1.165) is 46.3 Å². The Bertz CT molecular complexity index is 1140. The molecule has 0 radical (unpaired) electrons. The first-order valence-electron chi connectivity index (χ1n) is 10.9. The van der Waals surface area contributed by atoms with Crippen molar-refractivity contribution in [3.05, 3.63) is 99.8 Å². The first kappa shape index (κ1) is 23.7. The highest BCUT2D eigenvalue weighted by atomic mass is 35.5. The fraction of sp³-hybridized carbons (Fsp3) is 0.231. The number of anilines is 1. The highest BCUT2D eigenvalue weighted by Gasteiger charge is 2.22. The van der Waals surface area contributed by atoms with Gasteiger partial charge < -0.3 is 4.90 Å². The van der Waals surface area contributed by atoms with Crippen molar-refractivity contribution in [2.45, 2.75) is 30.2 Å². The molecule has 0 aliphatic heterocycles. The molecule has 0 bridgehead atoms. The van der Waals surface area contributed by atoms with Crippen LogP contribution in [0.15, 0.2) is 78.0 Å². The summed E-state index contributed by atoms with van der Waals surface area (Å²) in [5, 5.41) is 11.5. The Kier molecular flexibility index (Phi) is 7.63. The number of nitrogens with zero attached hydrogens (tertiary/aromatic N) is 4. The van der Waals surface area contributed by atoms with Crippen molar-refractivity contribution in [1.82, 2.24) is 14.8 Å². The largest absolute Gasteiger partial charge is 0.378 e. The van der Waals surface area contributed by atoms with Crippen LogP contribution in [0.25, 0.3) is 5.69 Å². The van der Waals surface area contributed by atoms with E-state index in [1.807, 2.05) is 38.4 Å². The fourth-order valence-corrected chi connectivity index (χ4v) is 5.08. The lowest BCUT2D eigenvalue weighted by Crippen LogP contribution is -2.09. The third-order valence-electron chi connectivity index (χ3n) is 5.37. The van der Waals surface area contributed by atoms with Gasteiger partial charge in [-0.15, -0.1) is 10.2 Å². The molecular formula is C26H26Cl2N4S. The minimum Gasteiger partial charge on any atom is -0.378 e. The van der Waals surface area contributed by atoms with Crippen molar-refractivity contribution >= 4 is 40.7 Å². The van der Waals surface area contributed by atoms with Gasteiger partial charge in [0.1, 0.15) is 5.82 Å². The van der Waals surface area contributed by atoms with Crippen LogP contribution < -0.4 is 4.90 Å². The lowest BCUT2D eigenvalue weighted by molar-refractivity contribution is 0.783. The number of rotatable bonds is 8. The van der Waals surface area contributed by atoms with Gasteiger partial charge in [0.15, 0.2) is 5.16 Å². The Hall–Kier alpha value is -2.47. The molecule has 0 amide bonds. The standard InChI is InChI=1S/C26H26Cl2N4S/c1-4-5-24-29-30-26(32(24)23-16-14-22(15-17-23)31(2)3)33-25(18-6-10-20(27)11-7-18)19-8-12-21(28)13-9-19/h6-17,25H,4-5H2,1-3H3. The lowest BCUT2D eigenvalue weighted by atomic mass is 10.0. The van der Waals surface area contributed by atoms with Crippen molar-refractivity contribution in [2.75, 3.05) is 19.0 Å². The van der Waals surface area contributed by atoms with Crippen LogP contribution >= 0.6 is 35.0 Å². The molecule has 170 valence electrons. The third kappa shape index (κ3) is 5.55. The minimum absolute atomic E-state index is 0.0120. The summed E-state index contributed by atoms with van der Waals surface area (Å²) in [6.07, 6.45) is 1.85. The van der Waals surface area contributed by atoms with Gasteiger partial charge in [0.25, 0.3) is 0 Å². The summed E-state index contributed by atoms with van der Waals surface area (Å²) in [5.41, 5.74) is 4.49.